The molecule has 4 nitrogen and oxygen atoms in total. The second-order valence-corrected chi connectivity index (χ2v) is 8.74. The number of hydrogen-bond acceptors (Lipinski definition) is 4. The lowest BCUT2D eigenvalue weighted by atomic mass is 9.89. The van der Waals surface area contributed by atoms with Crippen LogP contribution in [0.5, 0.6) is 0 Å². The summed E-state index contributed by atoms with van der Waals surface area (Å²) in [6.07, 6.45) is 15.5. The van der Waals surface area contributed by atoms with Gasteiger partial charge in [-0.2, -0.15) is 0 Å². The van der Waals surface area contributed by atoms with E-state index < -0.39 is 5.97 Å². The first kappa shape index (κ1) is 26.9. The van der Waals surface area contributed by atoms with Gasteiger partial charge in [0.1, 0.15) is 0 Å². The molecule has 1 fully saturated rings. The topological polar surface area (TPSA) is 36.9 Å². The number of rotatable bonds is 21. The van der Waals surface area contributed by atoms with Crippen molar-refractivity contribution in [2.45, 2.75) is 117 Å². The molecule has 0 radical (unpaired) electrons. The molecular formula is C25H50O4. The maximum absolute atomic E-state index is 6.37. The predicted octanol–water partition coefficient (Wildman–Crippen LogP) is 7.10. The zero-order valence-corrected chi connectivity index (χ0v) is 20.0. The first-order chi connectivity index (χ1) is 14.2. The van der Waals surface area contributed by atoms with Crippen molar-refractivity contribution in [3.8, 4) is 0 Å². The summed E-state index contributed by atoms with van der Waals surface area (Å²) in [6.45, 7) is 12.7. The molecule has 1 unspecified atom stereocenters. The maximum atomic E-state index is 6.37. The van der Waals surface area contributed by atoms with E-state index in [1.165, 1.54) is 51.4 Å². The molecular weight excluding hydrogens is 364 g/mol. The zero-order valence-electron chi connectivity index (χ0n) is 20.0. The quantitative estimate of drug-likeness (QED) is 0.148. The highest BCUT2D eigenvalue weighted by Gasteiger charge is 2.42. The summed E-state index contributed by atoms with van der Waals surface area (Å²) in [7, 11) is 0. The van der Waals surface area contributed by atoms with Crippen LogP contribution in [0.3, 0.4) is 0 Å². The second kappa shape index (κ2) is 17.5. The average Bonchev–Trinajstić information content (AvgIpc) is 2.70. The molecule has 0 aliphatic carbocycles. The molecule has 0 spiro atoms. The van der Waals surface area contributed by atoms with Crippen molar-refractivity contribution in [1.29, 1.82) is 0 Å². The average molecular weight is 415 g/mol. The van der Waals surface area contributed by atoms with Crippen molar-refractivity contribution < 1.29 is 18.9 Å². The van der Waals surface area contributed by atoms with E-state index >= 15 is 0 Å². The fraction of sp³-hybridized carbons (Fsp3) is 1.00. The third-order valence-corrected chi connectivity index (χ3v) is 5.80. The van der Waals surface area contributed by atoms with E-state index in [-0.39, 0.29) is 0 Å². The van der Waals surface area contributed by atoms with Gasteiger partial charge in [-0.3, -0.25) is 0 Å². The SMILES string of the molecule is CCCCCCCCC(CCCC1COC1)C(OCCC)(OCCC)OCCC. The van der Waals surface area contributed by atoms with Crippen LogP contribution in [0.4, 0.5) is 0 Å². The van der Waals surface area contributed by atoms with Crippen LogP contribution < -0.4 is 0 Å². The van der Waals surface area contributed by atoms with Gasteiger partial charge in [0.05, 0.1) is 33.0 Å². The molecule has 0 amide bonds. The molecule has 1 aliphatic heterocycles. The number of unbranched alkanes of at least 4 members (excludes halogenated alkanes) is 5. The molecule has 0 aromatic heterocycles. The minimum absolute atomic E-state index is 0.305. The standard InChI is InChI=1S/C25H50O4/c1-5-9-10-11-12-13-16-24(17-14-15-23-21-26-22-23)25(27-18-6-2,28-19-7-3)29-20-8-4/h23-24H,5-22H2,1-4H3. The van der Waals surface area contributed by atoms with E-state index in [1.807, 2.05) is 0 Å². The van der Waals surface area contributed by atoms with Gasteiger partial charge in [-0.25, -0.2) is 0 Å². The van der Waals surface area contributed by atoms with Gasteiger partial charge in [0.2, 0.25) is 0 Å². The minimum Gasteiger partial charge on any atom is -0.381 e. The molecule has 0 saturated carbocycles. The summed E-state index contributed by atoms with van der Waals surface area (Å²) in [5.74, 6) is 0.199. The zero-order chi connectivity index (χ0) is 21.2. The lowest BCUT2D eigenvalue weighted by molar-refractivity contribution is -0.406. The smallest absolute Gasteiger partial charge is 0.285 e. The molecule has 1 atom stereocenters. The Morgan fingerprint density at radius 2 is 1.21 bits per heavy atom. The van der Waals surface area contributed by atoms with Crippen molar-refractivity contribution in [1.82, 2.24) is 0 Å². The Morgan fingerprint density at radius 1 is 0.690 bits per heavy atom. The molecule has 1 saturated heterocycles. The Kier molecular flexibility index (Phi) is 16.2. The highest BCUT2D eigenvalue weighted by atomic mass is 16.9. The maximum Gasteiger partial charge on any atom is 0.285 e. The summed E-state index contributed by atoms with van der Waals surface area (Å²) in [6, 6.07) is 0. The van der Waals surface area contributed by atoms with Gasteiger partial charge in [0.15, 0.2) is 0 Å². The summed E-state index contributed by atoms with van der Waals surface area (Å²) < 4.78 is 24.5. The molecule has 1 heterocycles. The third kappa shape index (κ3) is 11.1. The molecule has 4 heteroatoms. The van der Waals surface area contributed by atoms with Crippen LogP contribution in [0.15, 0.2) is 0 Å². The predicted molar refractivity (Wildman–Crippen MR) is 121 cm³/mol. The van der Waals surface area contributed by atoms with Gasteiger partial charge in [-0.15, -0.1) is 0 Å². The lowest BCUT2D eigenvalue weighted by Gasteiger charge is -2.40. The Balaban J connectivity index is 2.74. The largest absolute Gasteiger partial charge is 0.381 e. The fourth-order valence-electron chi connectivity index (χ4n) is 3.98. The first-order valence-corrected chi connectivity index (χ1v) is 12.7. The Bertz CT molecular complexity index is 335. The van der Waals surface area contributed by atoms with Crippen molar-refractivity contribution >= 4 is 0 Å². The molecule has 1 aliphatic rings. The summed E-state index contributed by atoms with van der Waals surface area (Å²) in [5, 5.41) is 0. The van der Waals surface area contributed by atoms with Gasteiger partial charge in [0.25, 0.3) is 5.97 Å². The van der Waals surface area contributed by atoms with E-state index in [4.69, 9.17) is 18.9 Å². The van der Waals surface area contributed by atoms with Gasteiger partial charge < -0.3 is 18.9 Å². The Hall–Kier alpha value is -0.160. The lowest BCUT2D eigenvalue weighted by Crippen LogP contribution is -2.47. The monoisotopic (exact) mass is 414 g/mol. The molecule has 0 bridgehead atoms. The van der Waals surface area contributed by atoms with Gasteiger partial charge >= 0.3 is 0 Å². The fourth-order valence-corrected chi connectivity index (χ4v) is 3.98. The van der Waals surface area contributed by atoms with Crippen LogP contribution in [-0.4, -0.2) is 39.0 Å². The van der Waals surface area contributed by atoms with E-state index in [1.54, 1.807) is 0 Å². The van der Waals surface area contributed by atoms with Crippen LogP contribution in [0.25, 0.3) is 0 Å². The van der Waals surface area contributed by atoms with E-state index in [9.17, 15) is 0 Å². The summed E-state index contributed by atoms with van der Waals surface area (Å²) >= 11 is 0. The molecule has 174 valence electrons. The highest BCUT2D eigenvalue weighted by molar-refractivity contribution is 4.75. The Labute approximate surface area is 181 Å². The van der Waals surface area contributed by atoms with E-state index in [2.05, 4.69) is 27.7 Å². The molecule has 0 aromatic rings. The summed E-state index contributed by atoms with van der Waals surface area (Å²) in [5.41, 5.74) is 0. The molecule has 29 heavy (non-hydrogen) atoms. The van der Waals surface area contributed by atoms with Crippen LogP contribution >= 0.6 is 0 Å². The van der Waals surface area contributed by atoms with E-state index in [0.717, 1.165) is 51.2 Å². The van der Waals surface area contributed by atoms with Crippen LogP contribution in [-0.2, 0) is 18.9 Å². The molecule has 0 N–H and O–H groups in total. The van der Waals surface area contributed by atoms with Gasteiger partial charge in [-0.1, -0.05) is 72.6 Å². The normalized spacial score (nSPS) is 16.1. The van der Waals surface area contributed by atoms with E-state index in [0.29, 0.717) is 25.7 Å². The molecule has 1 rings (SSSR count). The number of hydrogen-bond donors (Lipinski definition) is 0. The van der Waals surface area contributed by atoms with Crippen molar-refractivity contribution in [3.63, 3.8) is 0 Å². The van der Waals surface area contributed by atoms with Crippen molar-refractivity contribution in [3.05, 3.63) is 0 Å². The van der Waals surface area contributed by atoms with Crippen molar-refractivity contribution in [2.24, 2.45) is 11.8 Å². The van der Waals surface area contributed by atoms with Gasteiger partial charge in [0, 0.05) is 11.8 Å². The third-order valence-electron chi connectivity index (χ3n) is 5.80. The Morgan fingerprint density at radius 3 is 1.69 bits per heavy atom. The van der Waals surface area contributed by atoms with Crippen molar-refractivity contribution in [2.75, 3.05) is 33.0 Å². The molecule has 0 aromatic carbocycles. The van der Waals surface area contributed by atoms with Crippen LogP contribution in [0.2, 0.25) is 0 Å². The van der Waals surface area contributed by atoms with Crippen LogP contribution in [0, 0.1) is 11.8 Å². The minimum atomic E-state index is -0.860. The van der Waals surface area contributed by atoms with Gasteiger partial charge in [-0.05, 0) is 38.5 Å². The van der Waals surface area contributed by atoms with Crippen LogP contribution in [0.1, 0.15) is 111 Å². The second-order valence-electron chi connectivity index (χ2n) is 8.74. The first-order valence-electron chi connectivity index (χ1n) is 12.7. The highest BCUT2D eigenvalue weighted by Crippen LogP contribution is 2.35. The summed E-state index contributed by atoms with van der Waals surface area (Å²) in [4.78, 5) is 0. The number of ether oxygens (including phenoxy) is 4.